The molecule has 2 aromatic carbocycles. The van der Waals surface area contributed by atoms with Crippen LogP contribution < -0.4 is 15.6 Å². The topological polar surface area (TPSA) is 73.2 Å². The molecular weight excluding hydrogens is 385 g/mol. The molecular formula is C20H17ClFN3O3. The van der Waals surface area contributed by atoms with Gasteiger partial charge in [0.25, 0.3) is 11.5 Å². The first-order valence-corrected chi connectivity index (χ1v) is 8.81. The number of anilines is 1. The average Bonchev–Trinajstić information content (AvgIpc) is 2.66. The van der Waals surface area contributed by atoms with Crippen molar-refractivity contribution >= 4 is 23.2 Å². The molecule has 0 spiro atoms. The van der Waals surface area contributed by atoms with Crippen LogP contribution in [0.2, 0.25) is 5.02 Å². The minimum absolute atomic E-state index is 0.0828. The normalized spacial score (nSPS) is 11.7. The molecule has 6 nitrogen and oxygen atoms in total. The van der Waals surface area contributed by atoms with Gasteiger partial charge in [-0.05, 0) is 61.9 Å². The van der Waals surface area contributed by atoms with Crippen LogP contribution in [0.4, 0.5) is 10.1 Å². The van der Waals surface area contributed by atoms with E-state index in [0.29, 0.717) is 16.4 Å². The Morgan fingerprint density at radius 2 is 1.89 bits per heavy atom. The van der Waals surface area contributed by atoms with E-state index in [1.54, 1.807) is 25.1 Å². The Morgan fingerprint density at radius 1 is 1.18 bits per heavy atom. The SMILES string of the molecule is Cc1cc(Cl)ccc1NC(=O)[C@@H](C)Oc1ccc(=O)n(-c2ccc(F)cc2)n1. The summed E-state index contributed by atoms with van der Waals surface area (Å²) in [5.41, 5.74) is 1.41. The Hall–Kier alpha value is -3.19. The van der Waals surface area contributed by atoms with Gasteiger partial charge in [0.05, 0.1) is 5.69 Å². The monoisotopic (exact) mass is 401 g/mol. The van der Waals surface area contributed by atoms with Gasteiger partial charge in [0, 0.05) is 22.8 Å². The van der Waals surface area contributed by atoms with Crippen molar-refractivity contribution in [2.75, 3.05) is 5.32 Å². The largest absolute Gasteiger partial charge is 0.463 e. The van der Waals surface area contributed by atoms with Crippen LogP contribution in [0, 0.1) is 12.7 Å². The number of rotatable bonds is 5. The molecule has 1 atom stereocenters. The molecule has 1 amide bonds. The van der Waals surface area contributed by atoms with Crippen molar-refractivity contribution in [3.8, 4) is 11.6 Å². The summed E-state index contributed by atoms with van der Waals surface area (Å²) in [6.45, 7) is 3.39. The number of nitrogens with zero attached hydrogens (tertiary/aromatic N) is 2. The molecule has 1 N–H and O–H groups in total. The second-order valence-electron chi connectivity index (χ2n) is 6.11. The van der Waals surface area contributed by atoms with E-state index >= 15 is 0 Å². The maximum atomic E-state index is 13.1. The van der Waals surface area contributed by atoms with Gasteiger partial charge < -0.3 is 10.1 Å². The number of aryl methyl sites for hydroxylation is 1. The molecule has 0 aliphatic rings. The molecule has 8 heteroatoms. The van der Waals surface area contributed by atoms with Crippen LogP contribution in [0.15, 0.2) is 59.4 Å². The van der Waals surface area contributed by atoms with Crippen molar-refractivity contribution in [3.63, 3.8) is 0 Å². The Balaban J connectivity index is 1.75. The highest BCUT2D eigenvalue weighted by Gasteiger charge is 2.17. The fraction of sp³-hybridized carbons (Fsp3) is 0.150. The van der Waals surface area contributed by atoms with Crippen molar-refractivity contribution in [1.29, 1.82) is 0 Å². The molecule has 1 heterocycles. The third-order valence-corrected chi connectivity index (χ3v) is 4.20. The quantitative estimate of drug-likeness (QED) is 0.706. The lowest BCUT2D eigenvalue weighted by Crippen LogP contribution is -2.31. The number of ether oxygens (including phenoxy) is 1. The third kappa shape index (κ3) is 4.55. The van der Waals surface area contributed by atoms with Crippen LogP contribution in [0.25, 0.3) is 5.69 Å². The fourth-order valence-electron chi connectivity index (χ4n) is 2.46. The van der Waals surface area contributed by atoms with Gasteiger partial charge in [0.2, 0.25) is 5.88 Å². The van der Waals surface area contributed by atoms with Gasteiger partial charge in [0.15, 0.2) is 6.10 Å². The third-order valence-electron chi connectivity index (χ3n) is 3.96. The second-order valence-corrected chi connectivity index (χ2v) is 6.54. The maximum Gasteiger partial charge on any atom is 0.271 e. The number of carbonyl (C=O) groups is 1. The van der Waals surface area contributed by atoms with Crippen molar-refractivity contribution in [1.82, 2.24) is 9.78 Å². The van der Waals surface area contributed by atoms with Crippen LogP contribution in [0.1, 0.15) is 12.5 Å². The van der Waals surface area contributed by atoms with Crippen molar-refractivity contribution < 1.29 is 13.9 Å². The maximum absolute atomic E-state index is 13.1. The number of halogens is 2. The number of aromatic nitrogens is 2. The first-order chi connectivity index (χ1) is 13.3. The molecule has 3 aromatic rings. The van der Waals surface area contributed by atoms with Crippen LogP contribution >= 0.6 is 11.6 Å². The number of benzene rings is 2. The number of hydrogen-bond donors (Lipinski definition) is 1. The van der Waals surface area contributed by atoms with E-state index in [1.165, 1.54) is 36.4 Å². The highest BCUT2D eigenvalue weighted by molar-refractivity contribution is 6.30. The highest BCUT2D eigenvalue weighted by Crippen LogP contribution is 2.20. The minimum atomic E-state index is -0.873. The molecule has 0 unspecified atom stereocenters. The summed E-state index contributed by atoms with van der Waals surface area (Å²) in [6.07, 6.45) is -0.873. The average molecular weight is 402 g/mol. The second kappa shape index (κ2) is 8.22. The Kier molecular flexibility index (Phi) is 5.75. The fourth-order valence-corrected chi connectivity index (χ4v) is 2.69. The van der Waals surface area contributed by atoms with E-state index < -0.39 is 17.5 Å². The molecule has 0 saturated heterocycles. The van der Waals surface area contributed by atoms with Crippen molar-refractivity contribution in [3.05, 3.63) is 81.4 Å². The molecule has 0 saturated carbocycles. The van der Waals surface area contributed by atoms with E-state index in [9.17, 15) is 14.0 Å². The molecule has 28 heavy (non-hydrogen) atoms. The van der Waals surface area contributed by atoms with E-state index in [4.69, 9.17) is 16.3 Å². The summed E-state index contributed by atoms with van der Waals surface area (Å²) in [7, 11) is 0. The summed E-state index contributed by atoms with van der Waals surface area (Å²) in [4.78, 5) is 24.4. The zero-order chi connectivity index (χ0) is 20.3. The van der Waals surface area contributed by atoms with Gasteiger partial charge in [-0.3, -0.25) is 9.59 Å². The van der Waals surface area contributed by atoms with Crippen molar-refractivity contribution in [2.45, 2.75) is 20.0 Å². The molecule has 0 aliphatic carbocycles. The van der Waals surface area contributed by atoms with Crippen LogP contribution in [0.5, 0.6) is 5.88 Å². The first kappa shape index (κ1) is 19.6. The van der Waals surface area contributed by atoms with Crippen LogP contribution in [-0.2, 0) is 4.79 Å². The van der Waals surface area contributed by atoms with Crippen LogP contribution in [0.3, 0.4) is 0 Å². The summed E-state index contributed by atoms with van der Waals surface area (Å²) < 4.78 is 19.7. The summed E-state index contributed by atoms with van der Waals surface area (Å²) in [5.74, 6) is -0.724. The Morgan fingerprint density at radius 3 is 2.57 bits per heavy atom. The summed E-state index contributed by atoms with van der Waals surface area (Å²) in [5, 5.41) is 7.43. The molecule has 0 aliphatic heterocycles. The lowest BCUT2D eigenvalue weighted by Gasteiger charge is -2.16. The van der Waals surface area contributed by atoms with E-state index in [-0.39, 0.29) is 11.8 Å². The number of carbonyl (C=O) groups excluding carboxylic acids is 1. The van der Waals surface area contributed by atoms with E-state index in [1.807, 2.05) is 6.92 Å². The highest BCUT2D eigenvalue weighted by atomic mass is 35.5. The molecule has 3 rings (SSSR count). The van der Waals surface area contributed by atoms with Gasteiger partial charge in [-0.15, -0.1) is 5.10 Å². The van der Waals surface area contributed by atoms with E-state index in [0.717, 1.165) is 10.2 Å². The molecule has 0 bridgehead atoms. The summed E-state index contributed by atoms with van der Waals surface area (Å²) >= 11 is 5.92. The lowest BCUT2D eigenvalue weighted by atomic mass is 10.2. The van der Waals surface area contributed by atoms with Gasteiger partial charge in [-0.1, -0.05) is 11.6 Å². The van der Waals surface area contributed by atoms with Gasteiger partial charge in [-0.2, -0.15) is 4.68 Å². The zero-order valence-electron chi connectivity index (χ0n) is 15.1. The molecule has 0 fully saturated rings. The lowest BCUT2D eigenvalue weighted by molar-refractivity contribution is -0.122. The predicted molar refractivity (Wildman–Crippen MR) is 105 cm³/mol. The van der Waals surface area contributed by atoms with Gasteiger partial charge >= 0.3 is 0 Å². The molecule has 1 aromatic heterocycles. The van der Waals surface area contributed by atoms with Crippen LogP contribution in [-0.4, -0.2) is 21.8 Å². The van der Waals surface area contributed by atoms with Gasteiger partial charge in [0.1, 0.15) is 5.82 Å². The number of amides is 1. The molecule has 0 radical (unpaired) electrons. The smallest absolute Gasteiger partial charge is 0.271 e. The van der Waals surface area contributed by atoms with Gasteiger partial charge in [-0.25, -0.2) is 4.39 Å². The van der Waals surface area contributed by atoms with Crippen molar-refractivity contribution in [2.24, 2.45) is 0 Å². The predicted octanol–water partition coefficient (Wildman–Crippen LogP) is 3.74. The number of hydrogen-bond acceptors (Lipinski definition) is 4. The summed E-state index contributed by atoms with van der Waals surface area (Å²) in [6, 6.07) is 13.1. The zero-order valence-corrected chi connectivity index (χ0v) is 15.9. The first-order valence-electron chi connectivity index (χ1n) is 8.43. The molecule has 144 valence electrons. The Bertz CT molecular complexity index is 1070. The number of nitrogens with one attached hydrogen (secondary N) is 1. The Labute approximate surface area is 165 Å². The minimum Gasteiger partial charge on any atom is -0.463 e. The van der Waals surface area contributed by atoms with E-state index in [2.05, 4.69) is 10.4 Å². The standard InChI is InChI=1S/C20H17ClFN3O3/c1-12-11-14(21)3-8-17(12)23-20(27)13(2)28-18-9-10-19(26)25(24-18)16-6-4-15(22)5-7-16/h3-11,13H,1-2H3,(H,23,27)/t13-/m1/s1.